The molecule has 0 radical (unpaired) electrons. The largest absolute Gasteiger partial charge is 0.376 e. The molecule has 4 nitrogen and oxygen atoms in total. The molecule has 2 aliphatic rings. The minimum Gasteiger partial charge on any atom is -0.376 e. The van der Waals surface area contributed by atoms with E-state index >= 15 is 0 Å². The van der Waals surface area contributed by atoms with E-state index in [9.17, 15) is 4.79 Å². The van der Waals surface area contributed by atoms with Crippen LogP contribution in [0.2, 0.25) is 0 Å². The van der Waals surface area contributed by atoms with E-state index in [1.54, 1.807) is 6.08 Å². The van der Waals surface area contributed by atoms with Crippen molar-refractivity contribution in [1.29, 1.82) is 0 Å². The Hall–Kier alpha value is -0.520. The number of hydrogen-bond acceptors (Lipinski definition) is 4. The maximum atomic E-state index is 12.4. The fourth-order valence-electron chi connectivity index (χ4n) is 2.61. The van der Waals surface area contributed by atoms with Crippen LogP contribution in [0.5, 0.6) is 0 Å². The molecule has 2 atom stereocenters. The first-order chi connectivity index (χ1) is 9.31. The van der Waals surface area contributed by atoms with Gasteiger partial charge in [0.1, 0.15) is 0 Å². The van der Waals surface area contributed by atoms with Crippen molar-refractivity contribution in [3.05, 3.63) is 12.7 Å². The molecule has 0 aromatic carbocycles. The Morgan fingerprint density at radius 1 is 1.53 bits per heavy atom. The van der Waals surface area contributed by atoms with E-state index in [0.29, 0.717) is 19.1 Å². The fraction of sp³-hybridized carbons (Fsp3) is 0.786. The van der Waals surface area contributed by atoms with Crippen molar-refractivity contribution in [1.82, 2.24) is 10.2 Å². The number of carbonyl (C=O) groups excluding carboxylic acids is 1. The second-order valence-corrected chi connectivity index (χ2v) is 6.27. The SMILES string of the molecule is C=CCNCC(=O)N(CC1CCCO1)C1CCSC1. The van der Waals surface area contributed by atoms with Crippen LogP contribution in [0.3, 0.4) is 0 Å². The van der Waals surface area contributed by atoms with Crippen LogP contribution >= 0.6 is 11.8 Å². The Balaban J connectivity index is 1.87. The van der Waals surface area contributed by atoms with Gasteiger partial charge in [0.25, 0.3) is 0 Å². The molecule has 0 aromatic heterocycles. The molecular weight excluding hydrogens is 260 g/mol. The Kier molecular flexibility index (Phi) is 6.20. The van der Waals surface area contributed by atoms with Gasteiger partial charge in [-0.1, -0.05) is 6.08 Å². The highest BCUT2D eigenvalue weighted by Gasteiger charge is 2.30. The van der Waals surface area contributed by atoms with Crippen LogP contribution in [-0.4, -0.2) is 60.7 Å². The maximum Gasteiger partial charge on any atom is 0.236 e. The summed E-state index contributed by atoms with van der Waals surface area (Å²) >= 11 is 1.94. The second kappa shape index (κ2) is 7.92. The van der Waals surface area contributed by atoms with Gasteiger partial charge in [-0.3, -0.25) is 4.79 Å². The normalized spacial score (nSPS) is 26.5. The third-order valence-electron chi connectivity index (χ3n) is 3.66. The maximum absolute atomic E-state index is 12.4. The monoisotopic (exact) mass is 284 g/mol. The van der Waals surface area contributed by atoms with E-state index in [0.717, 1.165) is 38.2 Å². The van der Waals surface area contributed by atoms with E-state index in [1.165, 1.54) is 5.75 Å². The summed E-state index contributed by atoms with van der Waals surface area (Å²) < 4.78 is 5.68. The number of rotatable bonds is 7. The molecule has 2 rings (SSSR count). The second-order valence-electron chi connectivity index (χ2n) is 5.12. The van der Waals surface area contributed by atoms with Gasteiger partial charge < -0.3 is 15.0 Å². The molecule has 2 fully saturated rings. The summed E-state index contributed by atoms with van der Waals surface area (Å²) in [6.07, 6.45) is 5.35. The van der Waals surface area contributed by atoms with E-state index in [1.807, 2.05) is 16.7 Å². The first-order valence-electron chi connectivity index (χ1n) is 7.11. The van der Waals surface area contributed by atoms with Crippen LogP contribution in [0.1, 0.15) is 19.3 Å². The lowest BCUT2D eigenvalue weighted by atomic mass is 10.1. The highest BCUT2D eigenvalue weighted by Crippen LogP contribution is 2.24. The number of thioether (sulfide) groups is 1. The number of hydrogen-bond donors (Lipinski definition) is 1. The smallest absolute Gasteiger partial charge is 0.236 e. The minimum absolute atomic E-state index is 0.199. The van der Waals surface area contributed by atoms with Crippen molar-refractivity contribution in [2.45, 2.75) is 31.4 Å². The molecule has 2 aliphatic heterocycles. The van der Waals surface area contributed by atoms with E-state index in [2.05, 4.69) is 11.9 Å². The molecular formula is C14H24N2O2S. The van der Waals surface area contributed by atoms with Crippen LogP contribution in [0.15, 0.2) is 12.7 Å². The number of ether oxygens (including phenoxy) is 1. The van der Waals surface area contributed by atoms with Crippen LogP contribution in [0.4, 0.5) is 0 Å². The lowest BCUT2D eigenvalue weighted by Gasteiger charge is -2.31. The minimum atomic E-state index is 0.199. The Morgan fingerprint density at radius 3 is 3.05 bits per heavy atom. The summed E-state index contributed by atoms with van der Waals surface area (Å²) in [5.41, 5.74) is 0. The summed E-state index contributed by atoms with van der Waals surface area (Å²) in [5, 5.41) is 3.11. The molecule has 2 saturated heterocycles. The lowest BCUT2D eigenvalue weighted by molar-refractivity contribution is -0.133. The molecule has 0 aliphatic carbocycles. The van der Waals surface area contributed by atoms with Crippen molar-refractivity contribution in [2.75, 3.05) is 37.7 Å². The fourth-order valence-corrected chi connectivity index (χ4v) is 3.84. The van der Waals surface area contributed by atoms with Gasteiger partial charge in [-0.05, 0) is 25.0 Å². The van der Waals surface area contributed by atoms with E-state index in [-0.39, 0.29) is 12.0 Å². The third-order valence-corrected chi connectivity index (χ3v) is 4.80. The molecule has 1 amide bonds. The number of carbonyl (C=O) groups is 1. The quantitative estimate of drug-likeness (QED) is 0.565. The van der Waals surface area contributed by atoms with Gasteiger partial charge in [0.15, 0.2) is 0 Å². The van der Waals surface area contributed by atoms with Gasteiger partial charge in [-0.25, -0.2) is 0 Å². The van der Waals surface area contributed by atoms with Crippen LogP contribution in [0.25, 0.3) is 0 Å². The average Bonchev–Trinajstić information content (AvgIpc) is 3.09. The van der Waals surface area contributed by atoms with E-state index < -0.39 is 0 Å². The summed E-state index contributed by atoms with van der Waals surface area (Å²) in [7, 11) is 0. The van der Waals surface area contributed by atoms with Crippen LogP contribution in [0, 0.1) is 0 Å². The lowest BCUT2D eigenvalue weighted by Crippen LogP contribution is -2.48. The zero-order chi connectivity index (χ0) is 13.5. The average molecular weight is 284 g/mol. The molecule has 0 spiro atoms. The van der Waals surface area contributed by atoms with Gasteiger partial charge in [0.05, 0.1) is 12.6 Å². The Labute approximate surface area is 119 Å². The molecule has 1 N–H and O–H groups in total. The zero-order valence-corrected chi connectivity index (χ0v) is 12.3. The first-order valence-corrected chi connectivity index (χ1v) is 8.27. The molecule has 108 valence electrons. The molecule has 0 saturated carbocycles. The first kappa shape index (κ1) is 14.9. The van der Waals surface area contributed by atoms with Crippen molar-refractivity contribution in [2.24, 2.45) is 0 Å². The van der Waals surface area contributed by atoms with Crippen LogP contribution < -0.4 is 5.32 Å². The van der Waals surface area contributed by atoms with Gasteiger partial charge in [-0.2, -0.15) is 11.8 Å². The predicted molar refractivity (Wildman–Crippen MR) is 79.5 cm³/mol. The molecule has 19 heavy (non-hydrogen) atoms. The summed E-state index contributed by atoms with van der Waals surface area (Å²) in [6.45, 7) is 6.35. The highest BCUT2D eigenvalue weighted by atomic mass is 32.2. The Morgan fingerprint density at radius 2 is 2.42 bits per heavy atom. The molecule has 5 heteroatoms. The summed E-state index contributed by atoms with van der Waals surface area (Å²) in [5.74, 6) is 2.44. The van der Waals surface area contributed by atoms with Crippen molar-refractivity contribution < 1.29 is 9.53 Å². The molecule has 2 heterocycles. The zero-order valence-electron chi connectivity index (χ0n) is 11.5. The van der Waals surface area contributed by atoms with Gasteiger partial charge >= 0.3 is 0 Å². The summed E-state index contributed by atoms with van der Waals surface area (Å²) in [6, 6.07) is 0.396. The van der Waals surface area contributed by atoms with Gasteiger partial charge in [0, 0.05) is 31.5 Å². The molecule has 0 aromatic rings. The topological polar surface area (TPSA) is 41.6 Å². The van der Waals surface area contributed by atoms with Crippen molar-refractivity contribution >= 4 is 17.7 Å². The number of nitrogens with one attached hydrogen (secondary N) is 1. The van der Waals surface area contributed by atoms with Crippen LogP contribution in [-0.2, 0) is 9.53 Å². The van der Waals surface area contributed by atoms with Gasteiger partial charge in [-0.15, -0.1) is 6.58 Å². The van der Waals surface area contributed by atoms with Crippen molar-refractivity contribution in [3.63, 3.8) is 0 Å². The standard InChI is InChI=1S/C14H24N2O2S/c1-2-6-15-9-14(17)16(12-5-8-19-11-12)10-13-4-3-7-18-13/h2,12-13,15H,1,3-11H2. The third kappa shape index (κ3) is 4.51. The predicted octanol–water partition coefficient (Wildman–Crippen LogP) is 1.28. The highest BCUT2D eigenvalue weighted by molar-refractivity contribution is 7.99. The van der Waals surface area contributed by atoms with Gasteiger partial charge in [0.2, 0.25) is 5.91 Å². The number of nitrogens with zero attached hydrogens (tertiary/aromatic N) is 1. The molecule has 2 unspecified atom stereocenters. The van der Waals surface area contributed by atoms with E-state index in [4.69, 9.17) is 4.74 Å². The van der Waals surface area contributed by atoms with Crippen molar-refractivity contribution in [3.8, 4) is 0 Å². The molecule has 0 bridgehead atoms. The number of amides is 1. The summed E-state index contributed by atoms with van der Waals surface area (Å²) in [4.78, 5) is 14.4. The Bertz CT molecular complexity index is 300.